The monoisotopic (exact) mass is 338 g/mol. The van der Waals surface area contributed by atoms with Crippen molar-refractivity contribution in [1.29, 1.82) is 0 Å². The van der Waals surface area contributed by atoms with Crippen LogP contribution in [0.2, 0.25) is 0 Å². The van der Waals surface area contributed by atoms with Gasteiger partial charge in [-0.25, -0.2) is 9.37 Å². The van der Waals surface area contributed by atoms with Gasteiger partial charge in [-0.3, -0.25) is 0 Å². The summed E-state index contributed by atoms with van der Waals surface area (Å²) in [7, 11) is 0. The molecule has 5 nitrogen and oxygen atoms in total. The molecule has 2 aromatic heterocycles. The lowest BCUT2D eigenvalue weighted by atomic mass is 10.1. The second-order valence-corrected chi connectivity index (χ2v) is 4.74. The Bertz CT molecular complexity index is 859. The van der Waals surface area contributed by atoms with Crippen LogP contribution in [0.4, 0.5) is 23.4 Å². The standard InChI is InChI=1S/C15H10F4N4O/c16-12-2-1-7-21-14(12)23-13(20)11(8-22-23)9-3-5-10(6-4-9)24-15(17,18)19/h1-8H,20H2. The molecule has 0 unspecified atom stereocenters. The molecule has 0 aliphatic heterocycles. The Morgan fingerprint density at radius 2 is 1.79 bits per heavy atom. The largest absolute Gasteiger partial charge is 0.573 e. The molecule has 0 aliphatic carbocycles. The lowest BCUT2D eigenvalue weighted by Crippen LogP contribution is -2.16. The highest BCUT2D eigenvalue weighted by molar-refractivity contribution is 5.74. The quantitative estimate of drug-likeness (QED) is 0.742. The van der Waals surface area contributed by atoms with Crippen LogP contribution in [-0.2, 0) is 0 Å². The third kappa shape index (κ3) is 3.14. The van der Waals surface area contributed by atoms with Gasteiger partial charge < -0.3 is 10.5 Å². The van der Waals surface area contributed by atoms with Crippen LogP contribution < -0.4 is 10.5 Å². The Morgan fingerprint density at radius 1 is 1.08 bits per heavy atom. The lowest BCUT2D eigenvalue weighted by Gasteiger charge is -2.09. The first-order valence-corrected chi connectivity index (χ1v) is 6.66. The van der Waals surface area contributed by atoms with E-state index in [1.165, 1.54) is 36.7 Å². The van der Waals surface area contributed by atoms with Crippen molar-refractivity contribution in [2.45, 2.75) is 6.36 Å². The smallest absolute Gasteiger partial charge is 0.406 e. The number of anilines is 1. The second kappa shape index (κ2) is 5.84. The molecule has 2 N–H and O–H groups in total. The summed E-state index contributed by atoms with van der Waals surface area (Å²) in [5.74, 6) is -0.920. The molecule has 0 spiro atoms. The van der Waals surface area contributed by atoms with Crippen LogP contribution in [0.1, 0.15) is 0 Å². The third-order valence-electron chi connectivity index (χ3n) is 3.15. The van der Waals surface area contributed by atoms with E-state index in [2.05, 4.69) is 14.8 Å². The minimum atomic E-state index is -4.76. The lowest BCUT2D eigenvalue weighted by molar-refractivity contribution is -0.274. The van der Waals surface area contributed by atoms with Crippen molar-refractivity contribution in [2.75, 3.05) is 5.73 Å². The summed E-state index contributed by atoms with van der Waals surface area (Å²) in [4.78, 5) is 3.87. The molecule has 24 heavy (non-hydrogen) atoms. The summed E-state index contributed by atoms with van der Waals surface area (Å²) < 4.78 is 55.2. The summed E-state index contributed by atoms with van der Waals surface area (Å²) in [6.07, 6.45) is -1.99. The molecule has 9 heteroatoms. The van der Waals surface area contributed by atoms with Gasteiger partial charge in [-0.1, -0.05) is 12.1 Å². The average molecular weight is 338 g/mol. The summed E-state index contributed by atoms with van der Waals surface area (Å²) in [5.41, 5.74) is 6.89. The molecule has 0 saturated carbocycles. The molecule has 0 amide bonds. The molecule has 0 fully saturated rings. The van der Waals surface area contributed by atoms with E-state index in [1.807, 2.05) is 0 Å². The Balaban J connectivity index is 1.93. The van der Waals surface area contributed by atoms with Crippen LogP contribution in [0.5, 0.6) is 5.75 Å². The molecular formula is C15H10F4N4O. The van der Waals surface area contributed by atoms with Crippen molar-refractivity contribution in [3.05, 3.63) is 54.6 Å². The first-order chi connectivity index (χ1) is 11.3. The van der Waals surface area contributed by atoms with Gasteiger partial charge in [-0.05, 0) is 29.8 Å². The van der Waals surface area contributed by atoms with Gasteiger partial charge in [0.25, 0.3) is 0 Å². The van der Waals surface area contributed by atoms with E-state index in [0.717, 1.165) is 16.8 Å². The first-order valence-electron chi connectivity index (χ1n) is 6.66. The number of alkyl halides is 3. The van der Waals surface area contributed by atoms with Crippen molar-refractivity contribution in [3.63, 3.8) is 0 Å². The number of nitrogens with zero attached hydrogens (tertiary/aromatic N) is 3. The van der Waals surface area contributed by atoms with Crippen molar-refractivity contribution in [2.24, 2.45) is 0 Å². The van der Waals surface area contributed by atoms with Crippen LogP contribution in [0.15, 0.2) is 48.8 Å². The van der Waals surface area contributed by atoms with Gasteiger partial charge in [0.2, 0.25) is 0 Å². The highest BCUT2D eigenvalue weighted by atomic mass is 19.4. The molecule has 0 bridgehead atoms. The molecule has 0 saturated heterocycles. The third-order valence-corrected chi connectivity index (χ3v) is 3.15. The highest BCUT2D eigenvalue weighted by Gasteiger charge is 2.31. The van der Waals surface area contributed by atoms with Crippen LogP contribution in [0, 0.1) is 5.82 Å². The molecule has 3 rings (SSSR count). The minimum absolute atomic E-state index is 0.0710. The van der Waals surface area contributed by atoms with Gasteiger partial charge in [0, 0.05) is 11.8 Å². The van der Waals surface area contributed by atoms with Crippen LogP contribution in [0.3, 0.4) is 0 Å². The molecule has 3 aromatic rings. The summed E-state index contributed by atoms with van der Waals surface area (Å²) in [6, 6.07) is 7.74. The van der Waals surface area contributed by atoms with E-state index in [-0.39, 0.29) is 17.4 Å². The number of nitrogens with two attached hydrogens (primary N) is 1. The van der Waals surface area contributed by atoms with E-state index >= 15 is 0 Å². The van der Waals surface area contributed by atoms with Gasteiger partial charge in [0.15, 0.2) is 11.6 Å². The minimum Gasteiger partial charge on any atom is -0.406 e. The van der Waals surface area contributed by atoms with Crippen molar-refractivity contribution in [3.8, 4) is 22.7 Å². The Morgan fingerprint density at radius 3 is 2.42 bits per heavy atom. The van der Waals surface area contributed by atoms with Crippen LogP contribution in [0.25, 0.3) is 16.9 Å². The first kappa shape index (κ1) is 15.8. The number of ether oxygens (including phenoxy) is 1. The van der Waals surface area contributed by atoms with Crippen molar-refractivity contribution in [1.82, 2.24) is 14.8 Å². The molecular weight excluding hydrogens is 328 g/mol. The van der Waals surface area contributed by atoms with E-state index in [0.29, 0.717) is 11.1 Å². The van der Waals surface area contributed by atoms with E-state index in [1.54, 1.807) is 0 Å². The number of pyridine rings is 1. The summed E-state index contributed by atoms with van der Waals surface area (Å²) >= 11 is 0. The maximum Gasteiger partial charge on any atom is 0.573 e. The molecule has 124 valence electrons. The number of benzene rings is 1. The van der Waals surface area contributed by atoms with Crippen molar-refractivity contribution < 1.29 is 22.3 Å². The normalized spacial score (nSPS) is 11.5. The predicted octanol–water partition coefficient (Wildman–Crippen LogP) is 3.55. The number of aromatic nitrogens is 3. The average Bonchev–Trinajstić information content (AvgIpc) is 2.89. The van der Waals surface area contributed by atoms with Gasteiger partial charge in [-0.2, -0.15) is 9.78 Å². The number of nitrogen functional groups attached to an aromatic ring is 1. The maximum absolute atomic E-state index is 13.8. The molecule has 0 atom stereocenters. The van der Waals surface area contributed by atoms with E-state index < -0.39 is 12.2 Å². The van der Waals surface area contributed by atoms with Crippen LogP contribution in [-0.4, -0.2) is 21.1 Å². The second-order valence-electron chi connectivity index (χ2n) is 4.74. The zero-order valence-electron chi connectivity index (χ0n) is 12.0. The highest BCUT2D eigenvalue weighted by Crippen LogP contribution is 2.30. The van der Waals surface area contributed by atoms with Gasteiger partial charge in [0.05, 0.1) is 6.20 Å². The molecule has 1 aromatic carbocycles. The van der Waals surface area contributed by atoms with Gasteiger partial charge in [-0.15, -0.1) is 13.2 Å². The number of rotatable bonds is 3. The van der Waals surface area contributed by atoms with E-state index in [9.17, 15) is 17.6 Å². The van der Waals surface area contributed by atoms with Crippen LogP contribution >= 0.6 is 0 Å². The van der Waals surface area contributed by atoms with E-state index in [4.69, 9.17) is 5.73 Å². The predicted molar refractivity (Wildman–Crippen MR) is 77.8 cm³/mol. The van der Waals surface area contributed by atoms with Gasteiger partial charge in [0.1, 0.15) is 11.6 Å². The Hall–Kier alpha value is -3.10. The summed E-state index contributed by atoms with van der Waals surface area (Å²) in [5, 5.41) is 3.98. The van der Waals surface area contributed by atoms with Crippen molar-refractivity contribution >= 4 is 5.82 Å². The summed E-state index contributed by atoms with van der Waals surface area (Å²) in [6.45, 7) is 0. The fraction of sp³-hybridized carbons (Fsp3) is 0.0667. The number of hydrogen-bond acceptors (Lipinski definition) is 4. The fourth-order valence-electron chi connectivity index (χ4n) is 2.12. The fourth-order valence-corrected chi connectivity index (χ4v) is 2.12. The Labute approximate surface area is 133 Å². The molecule has 0 aliphatic rings. The number of hydrogen-bond donors (Lipinski definition) is 1. The number of halogens is 4. The van der Waals surface area contributed by atoms with Gasteiger partial charge >= 0.3 is 6.36 Å². The Kier molecular flexibility index (Phi) is 3.84. The SMILES string of the molecule is Nc1c(-c2ccc(OC(F)(F)F)cc2)cnn1-c1ncccc1F. The maximum atomic E-state index is 13.8. The molecule has 2 heterocycles. The topological polar surface area (TPSA) is 66.0 Å². The zero-order valence-corrected chi connectivity index (χ0v) is 12.0. The zero-order chi connectivity index (χ0) is 17.3. The molecule has 0 radical (unpaired) electrons.